The van der Waals surface area contributed by atoms with E-state index < -0.39 is 10.8 Å². The molecule has 0 bridgehead atoms. The first-order valence-corrected chi connectivity index (χ1v) is 7.11. The van der Waals surface area contributed by atoms with E-state index in [9.17, 15) is 4.21 Å². The first-order valence-electron chi connectivity index (χ1n) is 5.73. The Morgan fingerprint density at radius 3 is 2.59 bits per heavy atom. The lowest BCUT2D eigenvalue weighted by molar-refractivity contribution is 0.407. The highest BCUT2D eigenvalue weighted by Crippen LogP contribution is 2.25. The summed E-state index contributed by atoms with van der Waals surface area (Å²) in [6, 6.07) is 5.64. The summed E-state index contributed by atoms with van der Waals surface area (Å²) < 4.78 is 17.1. The van der Waals surface area contributed by atoms with Gasteiger partial charge in [0, 0.05) is 33.4 Å². The van der Waals surface area contributed by atoms with Gasteiger partial charge in [-0.1, -0.05) is 31.5 Å². The van der Waals surface area contributed by atoms with Gasteiger partial charge in [-0.05, 0) is 13.0 Å². The monoisotopic (exact) mass is 255 g/mol. The van der Waals surface area contributed by atoms with E-state index in [2.05, 4.69) is 0 Å². The van der Waals surface area contributed by atoms with Crippen LogP contribution in [0.1, 0.15) is 31.0 Å². The van der Waals surface area contributed by atoms with Gasteiger partial charge < -0.3 is 10.5 Å². The fraction of sp³-hybridized carbons (Fsp3) is 0.538. The Balaban J connectivity index is 2.91. The molecule has 0 aliphatic rings. The van der Waals surface area contributed by atoms with Gasteiger partial charge in [0.05, 0.1) is 7.11 Å². The second-order valence-corrected chi connectivity index (χ2v) is 6.49. The van der Waals surface area contributed by atoms with Crippen molar-refractivity contribution in [1.29, 1.82) is 0 Å². The molecule has 1 aromatic carbocycles. The van der Waals surface area contributed by atoms with Crippen LogP contribution in [-0.4, -0.2) is 22.3 Å². The minimum absolute atomic E-state index is 0.136. The van der Waals surface area contributed by atoms with Crippen molar-refractivity contribution in [3.8, 4) is 5.75 Å². The van der Waals surface area contributed by atoms with E-state index in [4.69, 9.17) is 10.5 Å². The Kier molecular flexibility index (Phi) is 5.15. The first kappa shape index (κ1) is 14.2. The van der Waals surface area contributed by atoms with Crippen molar-refractivity contribution in [2.45, 2.75) is 32.1 Å². The fourth-order valence-corrected chi connectivity index (χ4v) is 2.52. The zero-order valence-electron chi connectivity index (χ0n) is 10.9. The molecule has 96 valence electrons. The second kappa shape index (κ2) is 6.17. The van der Waals surface area contributed by atoms with Crippen LogP contribution in [0.5, 0.6) is 5.75 Å². The molecule has 0 heterocycles. The maximum Gasteiger partial charge on any atom is 0.123 e. The number of nitrogens with two attached hydrogens (primary N) is 1. The molecule has 0 aliphatic carbocycles. The first-order chi connectivity index (χ1) is 7.95. The van der Waals surface area contributed by atoms with Crippen LogP contribution in [-0.2, 0) is 10.8 Å². The largest absolute Gasteiger partial charge is 0.496 e. The maximum atomic E-state index is 11.8. The minimum Gasteiger partial charge on any atom is -0.496 e. The van der Waals surface area contributed by atoms with Crippen LogP contribution < -0.4 is 10.5 Å². The van der Waals surface area contributed by atoms with Crippen LogP contribution >= 0.6 is 0 Å². The van der Waals surface area contributed by atoms with E-state index >= 15 is 0 Å². The van der Waals surface area contributed by atoms with Crippen LogP contribution in [0.4, 0.5) is 0 Å². The lowest BCUT2D eigenvalue weighted by atomic mass is 10.1. The van der Waals surface area contributed by atoms with Gasteiger partial charge in [-0.15, -0.1) is 0 Å². The summed E-state index contributed by atoms with van der Waals surface area (Å²) in [5, 5.41) is 0.136. The summed E-state index contributed by atoms with van der Waals surface area (Å²) in [6.45, 7) is 5.89. The van der Waals surface area contributed by atoms with Crippen molar-refractivity contribution in [1.82, 2.24) is 0 Å². The summed E-state index contributed by atoms with van der Waals surface area (Å²) in [7, 11) is 0.726. The van der Waals surface area contributed by atoms with Crippen molar-refractivity contribution in [2.24, 2.45) is 5.73 Å². The minimum atomic E-state index is -0.900. The van der Waals surface area contributed by atoms with E-state index in [-0.39, 0.29) is 11.3 Å². The highest BCUT2D eigenvalue weighted by Gasteiger charge is 2.16. The highest BCUT2D eigenvalue weighted by atomic mass is 32.2. The summed E-state index contributed by atoms with van der Waals surface area (Å²) in [5.74, 6) is 1.24. The van der Waals surface area contributed by atoms with Gasteiger partial charge in [-0.3, -0.25) is 4.21 Å². The fourth-order valence-electron chi connectivity index (χ4n) is 1.60. The number of methoxy groups -OCH3 is 1. The summed E-state index contributed by atoms with van der Waals surface area (Å²) >= 11 is 0. The third-order valence-corrected chi connectivity index (χ3v) is 4.39. The average molecular weight is 255 g/mol. The van der Waals surface area contributed by atoms with E-state index in [0.717, 1.165) is 16.9 Å². The topological polar surface area (TPSA) is 52.3 Å². The SMILES string of the molecule is COc1ccc(C)cc1C(N)CS(=O)C(C)C. The molecule has 2 unspecified atom stereocenters. The summed E-state index contributed by atoms with van der Waals surface area (Å²) in [5.41, 5.74) is 8.17. The van der Waals surface area contributed by atoms with Gasteiger partial charge >= 0.3 is 0 Å². The van der Waals surface area contributed by atoms with Crippen molar-refractivity contribution < 1.29 is 8.95 Å². The smallest absolute Gasteiger partial charge is 0.123 e. The molecule has 0 saturated carbocycles. The van der Waals surface area contributed by atoms with E-state index in [1.54, 1.807) is 7.11 Å². The molecule has 17 heavy (non-hydrogen) atoms. The van der Waals surface area contributed by atoms with Gasteiger partial charge in [0.15, 0.2) is 0 Å². The lowest BCUT2D eigenvalue weighted by Crippen LogP contribution is -2.22. The van der Waals surface area contributed by atoms with Crippen molar-refractivity contribution in [3.05, 3.63) is 29.3 Å². The Bertz CT molecular complexity index is 404. The van der Waals surface area contributed by atoms with Crippen LogP contribution in [0.15, 0.2) is 18.2 Å². The molecule has 0 radical (unpaired) electrons. The molecule has 1 rings (SSSR count). The Labute approximate surface area is 106 Å². The molecule has 1 aromatic rings. The van der Waals surface area contributed by atoms with Gasteiger partial charge in [0.25, 0.3) is 0 Å². The molecule has 2 N–H and O–H groups in total. The van der Waals surface area contributed by atoms with E-state index in [1.807, 2.05) is 39.0 Å². The molecule has 0 spiro atoms. The third kappa shape index (κ3) is 3.82. The Hall–Kier alpha value is -0.870. The number of ether oxygens (including phenoxy) is 1. The summed E-state index contributed by atoms with van der Waals surface area (Å²) in [4.78, 5) is 0. The quantitative estimate of drug-likeness (QED) is 0.877. The van der Waals surface area contributed by atoms with Gasteiger partial charge in [0.1, 0.15) is 5.75 Å². The number of benzene rings is 1. The predicted molar refractivity (Wildman–Crippen MR) is 72.8 cm³/mol. The molecular formula is C13H21NO2S. The van der Waals surface area contributed by atoms with Crippen molar-refractivity contribution in [2.75, 3.05) is 12.9 Å². The lowest BCUT2D eigenvalue weighted by Gasteiger charge is -2.17. The van der Waals surface area contributed by atoms with Crippen molar-refractivity contribution in [3.63, 3.8) is 0 Å². The molecule has 0 amide bonds. The van der Waals surface area contributed by atoms with Gasteiger partial charge in [0.2, 0.25) is 0 Å². The summed E-state index contributed by atoms with van der Waals surface area (Å²) in [6.07, 6.45) is 0. The molecule has 0 fully saturated rings. The van der Waals surface area contributed by atoms with E-state index in [1.165, 1.54) is 0 Å². The van der Waals surface area contributed by atoms with Crippen molar-refractivity contribution >= 4 is 10.8 Å². The molecule has 3 nitrogen and oxygen atoms in total. The molecule has 4 heteroatoms. The Morgan fingerprint density at radius 1 is 1.41 bits per heavy atom. The molecular weight excluding hydrogens is 234 g/mol. The molecule has 0 aliphatic heterocycles. The van der Waals surface area contributed by atoms with Crippen LogP contribution in [0.3, 0.4) is 0 Å². The second-order valence-electron chi connectivity index (χ2n) is 4.45. The average Bonchev–Trinajstić information content (AvgIpc) is 2.28. The van der Waals surface area contributed by atoms with E-state index in [0.29, 0.717) is 5.75 Å². The molecule has 0 aromatic heterocycles. The van der Waals surface area contributed by atoms with Crippen LogP contribution in [0.25, 0.3) is 0 Å². The Morgan fingerprint density at radius 2 is 2.06 bits per heavy atom. The normalized spacial score (nSPS) is 14.7. The number of hydrogen-bond donors (Lipinski definition) is 1. The predicted octanol–water partition coefficient (Wildman–Crippen LogP) is 2.16. The number of hydrogen-bond acceptors (Lipinski definition) is 3. The van der Waals surface area contributed by atoms with Gasteiger partial charge in [-0.2, -0.15) is 0 Å². The van der Waals surface area contributed by atoms with Gasteiger partial charge in [-0.25, -0.2) is 0 Å². The third-order valence-electron chi connectivity index (χ3n) is 2.65. The van der Waals surface area contributed by atoms with Crippen LogP contribution in [0, 0.1) is 6.92 Å². The number of rotatable bonds is 5. The maximum absolute atomic E-state index is 11.8. The zero-order chi connectivity index (χ0) is 13.0. The highest BCUT2D eigenvalue weighted by molar-refractivity contribution is 7.85. The molecule has 2 atom stereocenters. The molecule has 0 saturated heterocycles. The number of aryl methyl sites for hydroxylation is 1. The standard InChI is InChI=1S/C13H21NO2S/c1-9(2)17(15)8-12(14)11-7-10(3)5-6-13(11)16-4/h5-7,9,12H,8,14H2,1-4H3. The zero-order valence-corrected chi connectivity index (χ0v) is 11.7. The van der Waals surface area contributed by atoms with Crippen LogP contribution in [0.2, 0.25) is 0 Å².